The van der Waals surface area contributed by atoms with Crippen molar-refractivity contribution in [2.24, 2.45) is 0 Å². The molecule has 0 atom stereocenters. The minimum absolute atomic E-state index is 0.0170. The van der Waals surface area contributed by atoms with Gasteiger partial charge in [0.1, 0.15) is 11.5 Å². The van der Waals surface area contributed by atoms with Crippen LogP contribution in [-0.4, -0.2) is 9.97 Å². The van der Waals surface area contributed by atoms with Gasteiger partial charge in [-0.05, 0) is 24.1 Å². The first-order valence-corrected chi connectivity index (χ1v) is 5.40. The first kappa shape index (κ1) is 12.6. The van der Waals surface area contributed by atoms with E-state index in [1.54, 1.807) is 6.07 Å². The van der Waals surface area contributed by atoms with Gasteiger partial charge in [-0.25, -0.2) is 0 Å². The SMILES string of the molecule is CC(C)c1cc2ccc(C(F)(F)F)[nH]c-2nc1=O. The van der Waals surface area contributed by atoms with Crippen molar-refractivity contribution in [3.8, 4) is 11.4 Å². The highest BCUT2D eigenvalue weighted by Crippen LogP contribution is 2.30. The van der Waals surface area contributed by atoms with E-state index in [0.29, 0.717) is 11.1 Å². The van der Waals surface area contributed by atoms with Gasteiger partial charge in [-0.1, -0.05) is 13.8 Å². The minimum atomic E-state index is -4.48. The van der Waals surface area contributed by atoms with Crippen molar-refractivity contribution < 1.29 is 13.2 Å². The van der Waals surface area contributed by atoms with Crippen molar-refractivity contribution in [3.05, 3.63) is 39.8 Å². The standard InChI is InChI=1S/C12H11F3N2O/c1-6(2)8-5-7-3-4-9(12(13,14)15)16-10(7)17-11(8)18/h3-6H,1-2H3,(H,16,17,18). The topological polar surface area (TPSA) is 45.8 Å². The third kappa shape index (κ3) is 2.23. The van der Waals surface area contributed by atoms with Crippen molar-refractivity contribution >= 4 is 0 Å². The molecule has 2 aliphatic rings. The fraction of sp³-hybridized carbons (Fsp3) is 0.333. The Bertz CT molecular complexity index is 601. The number of H-pyrrole nitrogens is 1. The Morgan fingerprint density at radius 1 is 1.28 bits per heavy atom. The van der Waals surface area contributed by atoms with E-state index < -0.39 is 17.4 Å². The van der Waals surface area contributed by atoms with E-state index in [1.165, 1.54) is 6.07 Å². The largest absolute Gasteiger partial charge is 0.431 e. The van der Waals surface area contributed by atoms with Gasteiger partial charge in [-0.15, -0.1) is 0 Å². The van der Waals surface area contributed by atoms with Gasteiger partial charge in [0.15, 0.2) is 0 Å². The van der Waals surface area contributed by atoms with Crippen LogP contribution in [-0.2, 0) is 6.18 Å². The zero-order chi connectivity index (χ0) is 13.5. The van der Waals surface area contributed by atoms with E-state index in [0.717, 1.165) is 6.07 Å². The molecule has 0 fully saturated rings. The molecule has 0 bridgehead atoms. The minimum Gasteiger partial charge on any atom is -0.336 e. The average Bonchev–Trinajstić information content (AvgIpc) is 2.25. The summed E-state index contributed by atoms with van der Waals surface area (Å²) in [5, 5.41) is 0. The number of nitrogens with zero attached hydrogens (tertiary/aromatic N) is 1. The second-order valence-electron chi connectivity index (χ2n) is 4.35. The van der Waals surface area contributed by atoms with Crippen molar-refractivity contribution in [2.45, 2.75) is 25.9 Å². The van der Waals surface area contributed by atoms with Crippen molar-refractivity contribution in [1.82, 2.24) is 9.97 Å². The lowest BCUT2D eigenvalue weighted by Crippen LogP contribution is -2.17. The Morgan fingerprint density at radius 2 is 1.94 bits per heavy atom. The number of nitrogens with one attached hydrogen (secondary N) is 1. The summed E-state index contributed by atoms with van der Waals surface area (Å²) in [6.07, 6.45) is -4.48. The Morgan fingerprint density at radius 3 is 2.50 bits per heavy atom. The summed E-state index contributed by atoms with van der Waals surface area (Å²) in [7, 11) is 0. The summed E-state index contributed by atoms with van der Waals surface area (Å²) in [5.74, 6) is -0.0593. The first-order chi connectivity index (χ1) is 8.29. The highest BCUT2D eigenvalue weighted by Gasteiger charge is 2.32. The highest BCUT2D eigenvalue weighted by molar-refractivity contribution is 5.57. The van der Waals surface area contributed by atoms with Crippen LogP contribution in [0.2, 0.25) is 0 Å². The molecule has 0 radical (unpaired) electrons. The van der Waals surface area contributed by atoms with E-state index in [9.17, 15) is 18.0 Å². The number of hydrogen-bond acceptors (Lipinski definition) is 2. The van der Waals surface area contributed by atoms with Gasteiger partial charge in [-0.3, -0.25) is 4.79 Å². The maximum atomic E-state index is 12.5. The van der Waals surface area contributed by atoms with Crippen LogP contribution in [0.1, 0.15) is 31.0 Å². The first-order valence-electron chi connectivity index (χ1n) is 5.40. The van der Waals surface area contributed by atoms with Crippen LogP contribution in [0.25, 0.3) is 11.4 Å². The number of rotatable bonds is 1. The molecule has 0 aliphatic carbocycles. The van der Waals surface area contributed by atoms with Gasteiger partial charge in [0, 0.05) is 11.1 Å². The number of alkyl halides is 3. The van der Waals surface area contributed by atoms with Gasteiger partial charge >= 0.3 is 6.18 Å². The molecule has 18 heavy (non-hydrogen) atoms. The second kappa shape index (κ2) is 4.12. The monoisotopic (exact) mass is 256 g/mol. The van der Waals surface area contributed by atoms with Crippen LogP contribution in [0.4, 0.5) is 13.2 Å². The van der Waals surface area contributed by atoms with Crippen LogP contribution >= 0.6 is 0 Å². The molecule has 0 amide bonds. The molecular formula is C12H11F3N2O. The van der Waals surface area contributed by atoms with Crippen molar-refractivity contribution in [1.29, 1.82) is 0 Å². The molecule has 0 saturated heterocycles. The normalized spacial score (nSPS) is 12.3. The molecule has 0 aromatic rings. The lowest BCUT2D eigenvalue weighted by Gasteiger charge is -2.12. The van der Waals surface area contributed by atoms with E-state index in [2.05, 4.69) is 9.97 Å². The van der Waals surface area contributed by atoms with Gasteiger partial charge in [0.2, 0.25) is 0 Å². The predicted octanol–water partition coefficient (Wildman–Crippen LogP) is 3.02. The number of aromatic nitrogens is 2. The maximum absolute atomic E-state index is 12.5. The molecule has 0 unspecified atom stereocenters. The molecule has 0 aromatic heterocycles. The van der Waals surface area contributed by atoms with Crippen LogP contribution in [0.15, 0.2) is 23.0 Å². The summed E-state index contributed by atoms with van der Waals surface area (Å²) in [4.78, 5) is 17.4. The van der Waals surface area contributed by atoms with E-state index in [-0.39, 0.29) is 11.7 Å². The summed E-state index contributed by atoms with van der Waals surface area (Å²) < 4.78 is 37.5. The smallest absolute Gasteiger partial charge is 0.336 e. The second-order valence-corrected chi connectivity index (χ2v) is 4.35. The van der Waals surface area contributed by atoms with Crippen LogP contribution in [0.5, 0.6) is 0 Å². The van der Waals surface area contributed by atoms with Gasteiger partial charge in [-0.2, -0.15) is 18.2 Å². The molecule has 96 valence electrons. The molecule has 0 aromatic carbocycles. The lowest BCUT2D eigenvalue weighted by molar-refractivity contribution is -0.141. The summed E-state index contributed by atoms with van der Waals surface area (Å²) in [5.41, 5.74) is -0.422. The summed E-state index contributed by atoms with van der Waals surface area (Å²) >= 11 is 0. The Hall–Kier alpha value is -1.85. The molecule has 0 spiro atoms. The molecule has 0 saturated carbocycles. The van der Waals surface area contributed by atoms with Crippen molar-refractivity contribution in [2.75, 3.05) is 0 Å². The van der Waals surface area contributed by atoms with E-state index in [1.807, 2.05) is 13.8 Å². The fourth-order valence-electron chi connectivity index (χ4n) is 1.68. The highest BCUT2D eigenvalue weighted by atomic mass is 19.4. The number of fused-ring (bicyclic) bond motifs is 1. The quantitative estimate of drug-likeness (QED) is 0.852. The Balaban J connectivity index is 2.65. The van der Waals surface area contributed by atoms with Crippen LogP contribution in [0.3, 0.4) is 0 Å². The predicted molar refractivity (Wildman–Crippen MR) is 60.6 cm³/mol. The third-order valence-corrected chi connectivity index (χ3v) is 2.65. The van der Waals surface area contributed by atoms with Crippen LogP contribution in [0, 0.1) is 0 Å². The lowest BCUT2D eigenvalue weighted by atomic mass is 10.0. The molecule has 2 heterocycles. The van der Waals surface area contributed by atoms with Gasteiger partial charge < -0.3 is 4.98 Å². The molecule has 2 aliphatic heterocycles. The Kier molecular flexibility index (Phi) is 2.88. The van der Waals surface area contributed by atoms with E-state index in [4.69, 9.17) is 0 Å². The molecule has 2 rings (SSSR count). The zero-order valence-corrected chi connectivity index (χ0v) is 9.80. The molecular weight excluding hydrogens is 245 g/mol. The van der Waals surface area contributed by atoms with Crippen molar-refractivity contribution in [3.63, 3.8) is 0 Å². The molecule has 3 nitrogen and oxygen atoms in total. The Labute approximate surface area is 101 Å². The van der Waals surface area contributed by atoms with Gasteiger partial charge in [0.05, 0.1) is 0 Å². The average molecular weight is 256 g/mol. The zero-order valence-electron chi connectivity index (χ0n) is 9.80. The molecule has 1 N–H and O–H groups in total. The number of hydrogen-bond donors (Lipinski definition) is 1. The molecule has 6 heteroatoms. The fourth-order valence-corrected chi connectivity index (χ4v) is 1.68. The van der Waals surface area contributed by atoms with Gasteiger partial charge in [0.25, 0.3) is 5.56 Å². The third-order valence-electron chi connectivity index (χ3n) is 2.65. The van der Waals surface area contributed by atoms with E-state index >= 15 is 0 Å². The maximum Gasteiger partial charge on any atom is 0.431 e. The van der Waals surface area contributed by atoms with Crippen LogP contribution < -0.4 is 5.56 Å². The summed E-state index contributed by atoms with van der Waals surface area (Å²) in [6.45, 7) is 3.66. The number of pyridine rings is 2. The summed E-state index contributed by atoms with van der Waals surface area (Å²) in [6, 6.07) is 3.83. The number of aromatic amines is 1. The number of halogens is 3.